The van der Waals surface area contributed by atoms with Gasteiger partial charge in [0, 0.05) is 19.5 Å². The zero-order valence-electron chi connectivity index (χ0n) is 21.3. The van der Waals surface area contributed by atoms with Gasteiger partial charge in [-0.2, -0.15) is 0 Å². The smallest absolute Gasteiger partial charge is 0.320 e. The van der Waals surface area contributed by atoms with Crippen LogP contribution in [0.5, 0.6) is 5.75 Å². The van der Waals surface area contributed by atoms with Crippen LogP contribution in [0.4, 0.5) is 0 Å². The van der Waals surface area contributed by atoms with Crippen molar-refractivity contribution < 1.29 is 18.0 Å². The van der Waals surface area contributed by atoms with Gasteiger partial charge in [0.1, 0.15) is 11.3 Å². The topological polar surface area (TPSA) is 79.7 Å². The van der Waals surface area contributed by atoms with E-state index in [2.05, 4.69) is 50.0 Å². The summed E-state index contributed by atoms with van der Waals surface area (Å²) in [7, 11) is -3.71. The van der Waals surface area contributed by atoms with Crippen LogP contribution in [0.15, 0.2) is 89.8 Å². The Morgan fingerprint density at radius 2 is 1.42 bits per heavy atom. The first-order valence-electron chi connectivity index (χ1n) is 11.8. The van der Waals surface area contributed by atoms with E-state index >= 15 is 0 Å². The van der Waals surface area contributed by atoms with Gasteiger partial charge in [0.15, 0.2) is 0 Å². The second-order valence-electron chi connectivity index (χ2n) is 9.97. The number of sulfonamides is 1. The van der Waals surface area contributed by atoms with Crippen molar-refractivity contribution in [1.82, 2.24) is 9.29 Å². The van der Waals surface area contributed by atoms with Crippen LogP contribution in [0.1, 0.15) is 26.5 Å². The van der Waals surface area contributed by atoms with Gasteiger partial charge in [-0.3, -0.25) is 0 Å². The van der Waals surface area contributed by atoms with Gasteiger partial charge in [-0.15, -0.1) is 0 Å². The van der Waals surface area contributed by atoms with E-state index in [0.717, 1.165) is 10.4 Å². The lowest BCUT2D eigenvalue weighted by atomic mass is 10.2. The summed E-state index contributed by atoms with van der Waals surface area (Å²) in [6.07, 6.45) is 0. The molecule has 0 aliphatic heterocycles. The van der Waals surface area contributed by atoms with E-state index in [0.29, 0.717) is 22.3 Å². The minimum absolute atomic E-state index is 0.147. The van der Waals surface area contributed by atoms with Gasteiger partial charge in [-0.1, -0.05) is 81.4 Å². The standard InChI is InChI=1S/C28H32N2O4SSi/c1-28(2,3)36(22-12-8-6-9-13-22,23-14-10-7-11-15-23)34-25-18-19-26(35(32,33)30(4)5)24-17-16-21(20-31)29-27(24)25/h6-19,31H,20H2,1-5H3. The number of aromatic nitrogens is 1. The molecule has 188 valence electrons. The number of benzene rings is 3. The first kappa shape index (κ1) is 26.0. The Labute approximate surface area is 214 Å². The maximum Gasteiger partial charge on any atom is 0.320 e. The first-order valence-corrected chi connectivity index (χ1v) is 15.1. The molecule has 4 aromatic rings. The Kier molecular flexibility index (Phi) is 7.07. The van der Waals surface area contributed by atoms with E-state index in [9.17, 15) is 13.5 Å². The molecule has 1 heterocycles. The van der Waals surface area contributed by atoms with E-state index in [1.165, 1.54) is 18.4 Å². The number of aliphatic hydroxyl groups is 1. The van der Waals surface area contributed by atoms with Crippen LogP contribution >= 0.6 is 0 Å². The number of nitrogens with zero attached hydrogens (tertiary/aromatic N) is 2. The molecule has 0 bridgehead atoms. The van der Waals surface area contributed by atoms with E-state index in [-0.39, 0.29) is 16.5 Å². The molecule has 36 heavy (non-hydrogen) atoms. The monoisotopic (exact) mass is 520 g/mol. The second-order valence-corrected chi connectivity index (χ2v) is 16.3. The summed E-state index contributed by atoms with van der Waals surface area (Å²) in [5.41, 5.74) is 0.853. The fourth-order valence-corrected chi connectivity index (χ4v) is 10.1. The lowest BCUT2D eigenvalue weighted by Crippen LogP contribution is -2.68. The second kappa shape index (κ2) is 9.78. The van der Waals surface area contributed by atoms with Crippen LogP contribution in [0.3, 0.4) is 0 Å². The predicted molar refractivity (Wildman–Crippen MR) is 147 cm³/mol. The molecule has 0 saturated carbocycles. The van der Waals surface area contributed by atoms with Gasteiger partial charge in [0.25, 0.3) is 0 Å². The first-order chi connectivity index (χ1) is 17.0. The molecule has 0 amide bonds. The van der Waals surface area contributed by atoms with Crippen molar-refractivity contribution in [2.24, 2.45) is 0 Å². The molecule has 1 N–H and O–H groups in total. The van der Waals surface area contributed by atoms with E-state index in [4.69, 9.17) is 4.43 Å². The van der Waals surface area contributed by atoms with Crippen molar-refractivity contribution in [2.45, 2.75) is 37.3 Å². The van der Waals surface area contributed by atoms with E-state index < -0.39 is 18.3 Å². The summed E-state index contributed by atoms with van der Waals surface area (Å²) in [5, 5.41) is 12.2. The molecule has 6 nitrogen and oxygen atoms in total. The maximum absolute atomic E-state index is 13.1. The van der Waals surface area contributed by atoms with Crippen molar-refractivity contribution in [3.8, 4) is 5.75 Å². The number of rotatable bonds is 7. The highest BCUT2D eigenvalue weighted by Gasteiger charge is 2.52. The lowest BCUT2D eigenvalue weighted by molar-refractivity contribution is 0.277. The molecule has 0 aliphatic carbocycles. The van der Waals surface area contributed by atoms with E-state index in [1.54, 1.807) is 24.3 Å². The fraction of sp³-hybridized carbons (Fsp3) is 0.250. The van der Waals surface area contributed by atoms with Crippen LogP contribution in [-0.2, 0) is 16.6 Å². The van der Waals surface area contributed by atoms with Crippen molar-refractivity contribution in [1.29, 1.82) is 0 Å². The van der Waals surface area contributed by atoms with Gasteiger partial charge in [0.05, 0.1) is 17.2 Å². The number of fused-ring (bicyclic) bond motifs is 1. The molecule has 3 aromatic carbocycles. The Balaban J connectivity index is 2.06. The zero-order chi connectivity index (χ0) is 26.1. The summed E-state index contributed by atoms with van der Waals surface area (Å²) < 4.78 is 34.6. The third kappa shape index (κ3) is 4.46. The summed E-state index contributed by atoms with van der Waals surface area (Å²) in [5.74, 6) is 0.493. The highest BCUT2D eigenvalue weighted by Crippen LogP contribution is 2.40. The molecule has 0 fully saturated rings. The van der Waals surface area contributed by atoms with Crippen LogP contribution in [0, 0.1) is 0 Å². The third-order valence-electron chi connectivity index (χ3n) is 6.44. The SMILES string of the molecule is CN(C)S(=O)(=O)c1ccc(O[Si](c2ccccc2)(c2ccccc2)C(C)(C)C)c2nc(CO)ccc12. The van der Waals surface area contributed by atoms with Crippen LogP contribution in [0.2, 0.25) is 5.04 Å². The van der Waals surface area contributed by atoms with Crippen molar-refractivity contribution in [3.05, 3.63) is 90.6 Å². The third-order valence-corrected chi connectivity index (χ3v) is 13.2. The Bertz CT molecular complexity index is 1430. The molecule has 1 aromatic heterocycles. The lowest BCUT2D eigenvalue weighted by Gasteiger charge is -2.43. The van der Waals surface area contributed by atoms with E-state index in [1.807, 2.05) is 36.4 Å². The molecule has 0 saturated heterocycles. The van der Waals surface area contributed by atoms with Crippen LogP contribution < -0.4 is 14.8 Å². The predicted octanol–water partition coefficient (Wildman–Crippen LogP) is 3.92. The normalized spacial score (nSPS) is 12.8. The van der Waals surface area contributed by atoms with Crippen LogP contribution in [-0.4, -0.2) is 45.2 Å². The average Bonchev–Trinajstić information content (AvgIpc) is 2.87. The highest BCUT2D eigenvalue weighted by molar-refractivity contribution is 7.89. The van der Waals surface area contributed by atoms with Crippen LogP contribution in [0.25, 0.3) is 10.9 Å². The van der Waals surface area contributed by atoms with Gasteiger partial charge in [-0.25, -0.2) is 17.7 Å². The van der Waals surface area contributed by atoms with Gasteiger partial charge in [-0.05, 0) is 39.7 Å². The quantitative estimate of drug-likeness (QED) is 0.374. The molecule has 0 aliphatic rings. The van der Waals surface area contributed by atoms with Crippen molar-refractivity contribution in [2.75, 3.05) is 14.1 Å². The molecule has 0 radical (unpaired) electrons. The van der Waals surface area contributed by atoms with Gasteiger partial charge in [0.2, 0.25) is 10.0 Å². The van der Waals surface area contributed by atoms with Gasteiger partial charge < -0.3 is 9.53 Å². The number of aliphatic hydroxyl groups excluding tert-OH is 1. The molecular weight excluding hydrogens is 488 g/mol. The fourth-order valence-electron chi connectivity index (χ4n) is 4.61. The maximum atomic E-state index is 13.1. The molecular formula is C28H32N2O4SSi. The summed E-state index contributed by atoms with van der Waals surface area (Å²) >= 11 is 0. The molecule has 0 spiro atoms. The largest absolute Gasteiger partial charge is 0.533 e. The Morgan fingerprint density at radius 1 is 0.861 bits per heavy atom. The highest BCUT2D eigenvalue weighted by atomic mass is 32.2. The van der Waals surface area contributed by atoms with Crippen molar-refractivity contribution >= 4 is 39.6 Å². The molecule has 0 atom stereocenters. The van der Waals surface area contributed by atoms with Crippen molar-refractivity contribution in [3.63, 3.8) is 0 Å². The minimum atomic E-state index is -3.73. The Morgan fingerprint density at radius 3 is 1.89 bits per heavy atom. The number of hydrogen-bond acceptors (Lipinski definition) is 5. The van der Waals surface area contributed by atoms with Gasteiger partial charge >= 0.3 is 8.32 Å². The average molecular weight is 521 g/mol. The summed E-state index contributed by atoms with van der Waals surface area (Å²) in [6.45, 7) is 6.27. The molecule has 4 rings (SSSR count). The number of hydrogen-bond donors (Lipinski definition) is 1. The summed E-state index contributed by atoms with van der Waals surface area (Å²) in [4.78, 5) is 4.79. The number of pyridine rings is 1. The molecule has 8 heteroatoms. The zero-order valence-corrected chi connectivity index (χ0v) is 23.1. The Hall–Kier alpha value is -3.04. The minimum Gasteiger partial charge on any atom is -0.533 e. The summed E-state index contributed by atoms with van der Waals surface area (Å²) in [6, 6.07) is 27.1. The molecule has 0 unspecified atom stereocenters.